The Morgan fingerprint density at radius 2 is 1.72 bits per heavy atom. The molecule has 0 saturated heterocycles. The number of hydrogen-bond donors (Lipinski definition) is 1. The summed E-state index contributed by atoms with van der Waals surface area (Å²) in [5, 5.41) is 5.34. The van der Waals surface area contributed by atoms with Crippen LogP contribution >= 0.6 is 11.3 Å². The molecule has 1 heterocycles. The number of amides is 1. The molecule has 0 unspecified atom stereocenters. The van der Waals surface area contributed by atoms with Crippen LogP contribution in [-0.4, -0.2) is 10.9 Å². The minimum Gasteiger partial charge on any atom is -0.431 e. The third-order valence-corrected chi connectivity index (χ3v) is 4.39. The highest BCUT2D eigenvalue weighted by molar-refractivity contribution is 7.11. The second-order valence-electron chi connectivity index (χ2n) is 6.71. The molecule has 0 radical (unpaired) electrons. The zero-order valence-corrected chi connectivity index (χ0v) is 15.3. The largest absolute Gasteiger partial charge is 0.431 e. The summed E-state index contributed by atoms with van der Waals surface area (Å²) < 4.78 is 5.59. The van der Waals surface area contributed by atoms with Crippen LogP contribution in [0.5, 0.6) is 10.9 Å². The first kappa shape index (κ1) is 17.2. The van der Waals surface area contributed by atoms with Crippen LogP contribution in [0.4, 0.5) is 5.69 Å². The van der Waals surface area contributed by atoms with E-state index >= 15 is 0 Å². The standard InChI is InChI=1S/C20H20N2O2S/c1-20(2,3)15-6-8-16(9-7-15)22-18(23)14-4-10-17(11-5-14)24-19-21-12-13-25-19/h4-13H,1-3H3,(H,22,23). The number of carbonyl (C=O) groups is 1. The Hall–Kier alpha value is -2.66. The average molecular weight is 352 g/mol. The Balaban J connectivity index is 1.65. The van der Waals surface area contributed by atoms with E-state index in [9.17, 15) is 4.79 Å². The quantitative estimate of drug-likeness (QED) is 0.676. The van der Waals surface area contributed by atoms with Gasteiger partial charge in [-0.1, -0.05) is 44.2 Å². The Bertz CT molecular complexity index is 833. The van der Waals surface area contributed by atoms with E-state index < -0.39 is 0 Å². The van der Waals surface area contributed by atoms with Crippen LogP contribution in [0.2, 0.25) is 0 Å². The van der Waals surface area contributed by atoms with Crippen molar-refractivity contribution in [3.63, 3.8) is 0 Å². The first-order chi connectivity index (χ1) is 11.9. The molecule has 0 spiro atoms. The van der Waals surface area contributed by atoms with Crippen molar-refractivity contribution in [2.75, 3.05) is 5.32 Å². The lowest BCUT2D eigenvalue weighted by Crippen LogP contribution is -2.13. The van der Waals surface area contributed by atoms with E-state index in [2.05, 4.69) is 31.1 Å². The van der Waals surface area contributed by atoms with Gasteiger partial charge >= 0.3 is 0 Å². The number of anilines is 1. The van der Waals surface area contributed by atoms with Gasteiger partial charge in [0.2, 0.25) is 0 Å². The first-order valence-corrected chi connectivity index (χ1v) is 8.89. The van der Waals surface area contributed by atoms with E-state index in [1.165, 1.54) is 16.9 Å². The molecule has 2 aromatic carbocycles. The molecule has 0 aliphatic heterocycles. The molecule has 25 heavy (non-hydrogen) atoms. The van der Waals surface area contributed by atoms with Gasteiger partial charge in [0, 0.05) is 22.8 Å². The first-order valence-electron chi connectivity index (χ1n) is 8.01. The van der Waals surface area contributed by atoms with Crippen molar-refractivity contribution >= 4 is 22.9 Å². The molecule has 1 amide bonds. The predicted octanol–water partition coefficient (Wildman–Crippen LogP) is 5.49. The number of benzene rings is 2. The van der Waals surface area contributed by atoms with Crippen LogP contribution in [0, 0.1) is 0 Å². The molecule has 0 saturated carbocycles. The smallest absolute Gasteiger partial charge is 0.278 e. The van der Waals surface area contributed by atoms with Gasteiger partial charge in [-0.25, -0.2) is 4.98 Å². The van der Waals surface area contributed by atoms with Crippen LogP contribution in [0.15, 0.2) is 60.1 Å². The summed E-state index contributed by atoms with van der Waals surface area (Å²) in [4.78, 5) is 16.4. The van der Waals surface area contributed by atoms with Crippen molar-refractivity contribution in [2.24, 2.45) is 0 Å². The molecule has 0 bridgehead atoms. The summed E-state index contributed by atoms with van der Waals surface area (Å²) in [6, 6.07) is 14.9. The Labute approximate surface area is 151 Å². The second-order valence-corrected chi connectivity index (χ2v) is 7.56. The number of aromatic nitrogens is 1. The summed E-state index contributed by atoms with van der Waals surface area (Å²) in [6.45, 7) is 6.49. The molecular formula is C20H20N2O2S. The Morgan fingerprint density at radius 1 is 1.04 bits per heavy atom. The van der Waals surface area contributed by atoms with Crippen molar-refractivity contribution in [2.45, 2.75) is 26.2 Å². The summed E-state index contributed by atoms with van der Waals surface area (Å²) >= 11 is 1.42. The van der Waals surface area contributed by atoms with Crippen molar-refractivity contribution in [1.82, 2.24) is 4.98 Å². The minimum atomic E-state index is -0.149. The highest BCUT2D eigenvalue weighted by Crippen LogP contribution is 2.25. The van der Waals surface area contributed by atoms with Gasteiger partial charge in [-0.05, 0) is 47.4 Å². The zero-order chi connectivity index (χ0) is 17.9. The molecular weight excluding hydrogens is 332 g/mol. The fourth-order valence-electron chi connectivity index (χ4n) is 2.29. The molecule has 0 fully saturated rings. The van der Waals surface area contributed by atoms with Gasteiger partial charge in [0.15, 0.2) is 0 Å². The molecule has 3 rings (SSSR count). The third kappa shape index (κ3) is 4.45. The van der Waals surface area contributed by atoms with Crippen LogP contribution in [0.25, 0.3) is 0 Å². The zero-order valence-electron chi connectivity index (χ0n) is 14.4. The van der Waals surface area contributed by atoms with Gasteiger partial charge in [-0.3, -0.25) is 4.79 Å². The SMILES string of the molecule is CC(C)(C)c1ccc(NC(=O)c2ccc(Oc3nccs3)cc2)cc1. The van der Waals surface area contributed by atoms with Gasteiger partial charge in [0.05, 0.1) is 0 Å². The number of nitrogens with zero attached hydrogens (tertiary/aromatic N) is 1. The highest BCUT2D eigenvalue weighted by Gasteiger charge is 2.13. The fraction of sp³-hybridized carbons (Fsp3) is 0.200. The topological polar surface area (TPSA) is 51.2 Å². The number of rotatable bonds is 4. The van der Waals surface area contributed by atoms with E-state index in [0.29, 0.717) is 16.5 Å². The minimum absolute atomic E-state index is 0.0930. The maximum atomic E-state index is 12.4. The summed E-state index contributed by atoms with van der Waals surface area (Å²) in [6.07, 6.45) is 1.69. The van der Waals surface area contributed by atoms with Crippen molar-refractivity contribution in [1.29, 1.82) is 0 Å². The molecule has 4 nitrogen and oxygen atoms in total. The molecule has 3 aromatic rings. The van der Waals surface area contributed by atoms with E-state index in [0.717, 1.165) is 5.69 Å². The number of hydrogen-bond acceptors (Lipinski definition) is 4. The van der Waals surface area contributed by atoms with Crippen LogP contribution in [-0.2, 0) is 5.41 Å². The lowest BCUT2D eigenvalue weighted by atomic mass is 9.87. The fourth-order valence-corrected chi connectivity index (χ4v) is 2.80. The molecule has 5 heteroatoms. The monoisotopic (exact) mass is 352 g/mol. The molecule has 1 aromatic heterocycles. The number of carbonyl (C=O) groups excluding carboxylic acids is 1. The highest BCUT2D eigenvalue weighted by atomic mass is 32.1. The Morgan fingerprint density at radius 3 is 2.28 bits per heavy atom. The summed E-state index contributed by atoms with van der Waals surface area (Å²) in [5.41, 5.74) is 2.68. The summed E-state index contributed by atoms with van der Waals surface area (Å²) in [7, 11) is 0. The predicted molar refractivity (Wildman–Crippen MR) is 102 cm³/mol. The van der Waals surface area contributed by atoms with Gasteiger partial charge in [-0.15, -0.1) is 0 Å². The van der Waals surface area contributed by atoms with Gasteiger partial charge in [0.25, 0.3) is 11.1 Å². The van der Waals surface area contributed by atoms with Gasteiger partial charge in [0.1, 0.15) is 5.75 Å². The van der Waals surface area contributed by atoms with Crippen LogP contribution < -0.4 is 10.1 Å². The number of nitrogens with one attached hydrogen (secondary N) is 1. The van der Waals surface area contributed by atoms with E-state index in [1.807, 2.05) is 29.6 Å². The average Bonchev–Trinajstić information content (AvgIpc) is 3.08. The lowest BCUT2D eigenvalue weighted by molar-refractivity contribution is 0.102. The molecule has 0 atom stereocenters. The van der Waals surface area contributed by atoms with Crippen LogP contribution in [0.3, 0.4) is 0 Å². The van der Waals surface area contributed by atoms with Crippen molar-refractivity contribution in [3.8, 4) is 10.9 Å². The van der Waals surface area contributed by atoms with Crippen molar-refractivity contribution < 1.29 is 9.53 Å². The third-order valence-electron chi connectivity index (χ3n) is 3.74. The molecule has 0 aliphatic carbocycles. The lowest BCUT2D eigenvalue weighted by Gasteiger charge is -2.19. The number of thiazole rings is 1. The van der Waals surface area contributed by atoms with Crippen LogP contribution in [0.1, 0.15) is 36.7 Å². The van der Waals surface area contributed by atoms with E-state index in [4.69, 9.17) is 4.74 Å². The summed E-state index contributed by atoms with van der Waals surface area (Å²) in [5.74, 6) is 0.505. The van der Waals surface area contributed by atoms with E-state index in [-0.39, 0.29) is 11.3 Å². The second kappa shape index (κ2) is 7.07. The molecule has 0 aliphatic rings. The van der Waals surface area contributed by atoms with Gasteiger partial charge in [-0.2, -0.15) is 0 Å². The normalized spacial score (nSPS) is 11.2. The van der Waals surface area contributed by atoms with Gasteiger partial charge < -0.3 is 10.1 Å². The van der Waals surface area contributed by atoms with E-state index in [1.54, 1.807) is 30.5 Å². The van der Waals surface area contributed by atoms with Crippen molar-refractivity contribution in [3.05, 3.63) is 71.2 Å². The maximum absolute atomic E-state index is 12.4. The maximum Gasteiger partial charge on any atom is 0.278 e. The Kier molecular flexibility index (Phi) is 4.86. The number of ether oxygens (including phenoxy) is 1. The molecule has 128 valence electrons. The molecule has 1 N–H and O–H groups in total.